The average molecular weight is 604 g/mol. The maximum absolute atomic E-state index is 13.7. The Balaban J connectivity index is 1.53. The minimum Gasteiger partial charge on any atom is -0.457 e. The van der Waals surface area contributed by atoms with Gasteiger partial charge in [0.15, 0.2) is 0 Å². The Kier molecular flexibility index (Phi) is 7.61. The molecular formula is C36H33N3O4S. The first-order chi connectivity index (χ1) is 21.2. The molecule has 0 aromatic heterocycles. The van der Waals surface area contributed by atoms with Crippen LogP contribution in [0.4, 0.5) is 22.7 Å². The second-order valence-electron chi connectivity index (χ2n) is 10.8. The van der Waals surface area contributed by atoms with Gasteiger partial charge < -0.3 is 14.5 Å². The molecule has 7 nitrogen and oxygen atoms in total. The zero-order valence-electron chi connectivity index (χ0n) is 25.0. The summed E-state index contributed by atoms with van der Waals surface area (Å²) in [4.78, 5) is 16.4. The standard InChI is InChI=1S/C36H33N3O4S/c1-25(40)39(4)44(41,42)35-18-12-11-17-32(35)36-30-21-19-28(37(2)26-13-7-5-8-14-26)23-33(30)43-34-24-29(20-22-31(34)36)38(3)27-15-9-6-10-16-27/h5-24,36H,1-4H3. The lowest BCUT2D eigenvalue weighted by Crippen LogP contribution is -2.32. The molecule has 1 amide bonds. The molecule has 0 bridgehead atoms. The summed E-state index contributed by atoms with van der Waals surface area (Å²) in [5.74, 6) is 0.242. The van der Waals surface area contributed by atoms with Crippen LogP contribution in [0.2, 0.25) is 0 Å². The van der Waals surface area contributed by atoms with Crippen LogP contribution in [0, 0.1) is 0 Å². The molecule has 5 aromatic carbocycles. The van der Waals surface area contributed by atoms with Gasteiger partial charge in [-0.2, -0.15) is 0 Å². The molecular weight excluding hydrogens is 570 g/mol. The first kappa shape index (κ1) is 29.0. The van der Waals surface area contributed by atoms with Gasteiger partial charge in [-0.1, -0.05) is 66.7 Å². The number of nitrogens with zero attached hydrogens (tertiary/aromatic N) is 3. The molecule has 5 aromatic rings. The first-order valence-corrected chi connectivity index (χ1v) is 15.7. The number of para-hydroxylation sites is 2. The van der Waals surface area contributed by atoms with Crippen molar-refractivity contribution in [3.05, 3.63) is 138 Å². The Hall–Kier alpha value is -5.08. The van der Waals surface area contributed by atoms with Crippen molar-refractivity contribution in [2.45, 2.75) is 17.7 Å². The van der Waals surface area contributed by atoms with Crippen LogP contribution in [-0.2, 0) is 14.8 Å². The van der Waals surface area contributed by atoms with Crippen molar-refractivity contribution in [2.24, 2.45) is 0 Å². The molecule has 44 heavy (non-hydrogen) atoms. The van der Waals surface area contributed by atoms with E-state index in [4.69, 9.17) is 4.74 Å². The molecule has 0 atom stereocenters. The number of benzene rings is 5. The Bertz CT molecular complexity index is 1850. The van der Waals surface area contributed by atoms with Gasteiger partial charge in [0.1, 0.15) is 11.5 Å². The third-order valence-electron chi connectivity index (χ3n) is 8.21. The lowest BCUT2D eigenvalue weighted by molar-refractivity contribution is -0.123. The van der Waals surface area contributed by atoms with Gasteiger partial charge in [0.25, 0.3) is 10.0 Å². The number of sulfonamides is 1. The molecule has 0 unspecified atom stereocenters. The van der Waals surface area contributed by atoms with Crippen molar-refractivity contribution in [3.8, 4) is 11.5 Å². The van der Waals surface area contributed by atoms with Gasteiger partial charge >= 0.3 is 0 Å². The van der Waals surface area contributed by atoms with Crippen molar-refractivity contribution in [1.29, 1.82) is 0 Å². The maximum atomic E-state index is 13.7. The highest BCUT2D eigenvalue weighted by molar-refractivity contribution is 7.89. The van der Waals surface area contributed by atoms with Crippen LogP contribution in [0.3, 0.4) is 0 Å². The van der Waals surface area contributed by atoms with Gasteiger partial charge in [0.2, 0.25) is 5.91 Å². The van der Waals surface area contributed by atoms with Gasteiger partial charge in [0, 0.05) is 80.0 Å². The van der Waals surface area contributed by atoms with E-state index in [-0.39, 0.29) is 4.90 Å². The summed E-state index contributed by atoms with van der Waals surface area (Å²) >= 11 is 0. The fourth-order valence-corrected chi connectivity index (χ4v) is 6.98. The van der Waals surface area contributed by atoms with Crippen LogP contribution in [0.1, 0.15) is 29.5 Å². The van der Waals surface area contributed by atoms with E-state index in [1.807, 2.05) is 123 Å². The quantitative estimate of drug-likeness (QED) is 0.187. The Labute approximate surface area is 258 Å². The van der Waals surface area contributed by atoms with Crippen LogP contribution in [0.25, 0.3) is 0 Å². The fourth-order valence-electron chi connectivity index (χ4n) is 5.61. The van der Waals surface area contributed by atoms with Crippen molar-refractivity contribution >= 4 is 38.7 Å². The van der Waals surface area contributed by atoms with E-state index in [2.05, 4.69) is 9.80 Å². The molecule has 0 saturated carbocycles. The van der Waals surface area contributed by atoms with E-state index in [0.29, 0.717) is 17.1 Å². The Morgan fingerprint density at radius 1 is 0.591 bits per heavy atom. The second kappa shape index (κ2) is 11.5. The minimum absolute atomic E-state index is 0.0810. The molecule has 8 heteroatoms. The molecule has 222 valence electrons. The van der Waals surface area contributed by atoms with Crippen molar-refractivity contribution < 1.29 is 17.9 Å². The van der Waals surface area contributed by atoms with E-state index in [0.717, 1.165) is 38.2 Å². The van der Waals surface area contributed by atoms with E-state index >= 15 is 0 Å². The van der Waals surface area contributed by atoms with E-state index in [9.17, 15) is 13.2 Å². The summed E-state index contributed by atoms with van der Waals surface area (Å²) in [7, 11) is 1.17. The van der Waals surface area contributed by atoms with E-state index in [1.54, 1.807) is 12.1 Å². The third kappa shape index (κ3) is 5.18. The van der Waals surface area contributed by atoms with Crippen LogP contribution in [0.5, 0.6) is 11.5 Å². The highest BCUT2D eigenvalue weighted by Gasteiger charge is 2.35. The highest BCUT2D eigenvalue weighted by Crippen LogP contribution is 2.51. The van der Waals surface area contributed by atoms with Gasteiger partial charge in [0.05, 0.1) is 4.90 Å². The zero-order valence-corrected chi connectivity index (χ0v) is 25.8. The van der Waals surface area contributed by atoms with Crippen LogP contribution < -0.4 is 14.5 Å². The summed E-state index contributed by atoms with van der Waals surface area (Å²) in [6.07, 6.45) is 0. The van der Waals surface area contributed by atoms with Gasteiger partial charge in [-0.05, 0) is 48.0 Å². The SMILES string of the molecule is CC(=O)N(C)S(=O)(=O)c1ccccc1C1c2ccc(N(C)c3ccccc3)cc2Oc2cc(N(C)c3ccccc3)ccc21. The number of hydrogen-bond donors (Lipinski definition) is 0. The molecule has 1 aliphatic rings. The molecule has 0 spiro atoms. The normalized spacial score (nSPS) is 12.5. The number of carbonyl (C=O) groups excluding carboxylic acids is 1. The largest absolute Gasteiger partial charge is 0.457 e. The molecule has 0 radical (unpaired) electrons. The van der Waals surface area contributed by atoms with E-state index < -0.39 is 21.8 Å². The summed E-state index contributed by atoms with van der Waals surface area (Å²) in [5.41, 5.74) is 6.13. The molecule has 0 N–H and O–H groups in total. The summed E-state index contributed by atoms with van der Waals surface area (Å²) in [6, 6.07) is 39.0. The van der Waals surface area contributed by atoms with E-state index in [1.165, 1.54) is 14.0 Å². The Morgan fingerprint density at radius 2 is 1.05 bits per heavy atom. The summed E-state index contributed by atoms with van der Waals surface area (Å²) < 4.78 is 34.9. The Morgan fingerprint density at radius 3 is 1.52 bits per heavy atom. The maximum Gasteiger partial charge on any atom is 0.266 e. The number of hydrogen-bond acceptors (Lipinski definition) is 6. The fraction of sp³-hybridized carbons (Fsp3) is 0.139. The lowest BCUT2D eigenvalue weighted by Gasteiger charge is -2.32. The number of carbonyl (C=O) groups is 1. The molecule has 0 aliphatic carbocycles. The molecule has 0 saturated heterocycles. The first-order valence-electron chi connectivity index (χ1n) is 14.3. The van der Waals surface area contributed by atoms with Gasteiger partial charge in [-0.15, -0.1) is 0 Å². The van der Waals surface area contributed by atoms with Crippen LogP contribution in [0.15, 0.2) is 126 Å². The highest BCUT2D eigenvalue weighted by atomic mass is 32.2. The van der Waals surface area contributed by atoms with Gasteiger partial charge in [-0.25, -0.2) is 12.7 Å². The number of rotatable bonds is 7. The van der Waals surface area contributed by atoms with Crippen LogP contribution in [-0.4, -0.2) is 39.8 Å². The topological polar surface area (TPSA) is 70.2 Å². The smallest absolute Gasteiger partial charge is 0.266 e. The number of fused-ring (bicyclic) bond motifs is 2. The second-order valence-corrected chi connectivity index (χ2v) is 12.7. The minimum atomic E-state index is -4.11. The molecule has 1 aliphatic heterocycles. The number of amides is 1. The van der Waals surface area contributed by atoms with Crippen molar-refractivity contribution in [2.75, 3.05) is 30.9 Å². The van der Waals surface area contributed by atoms with Crippen LogP contribution >= 0.6 is 0 Å². The van der Waals surface area contributed by atoms with Crippen molar-refractivity contribution in [1.82, 2.24) is 4.31 Å². The lowest BCUT2D eigenvalue weighted by atomic mass is 9.82. The number of ether oxygens (including phenoxy) is 1. The van der Waals surface area contributed by atoms with Crippen molar-refractivity contribution in [3.63, 3.8) is 0 Å². The van der Waals surface area contributed by atoms with Gasteiger partial charge in [-0.3, -0.25) is 4.79 Å². The molecule has 6 rings (SSSR count). The zero-order chi connectivity index (χ0) is 31.0. The average Bonchev–Trinajstić information content (AvgIpc) is 3.06. The predicted octanol–water partition coefficient (Wildman–Crippen LogP) is 7.68. The summed E-state index contributed by atoms with van der Waals surface area (Å²) in [5, 5.41) is 0. The monoisotopic (exact) mass is 603 g/mol. The number of anilines is 4. The third-order valence-corrected chi connectivity index (χ3v) is 10.1. The molecule has 0 fully saturated rings. The molecule has 1 heterocycles. The summed E-state index contributed by atoms with van der Waals surface area (Å²) in [6.45, 7) is 1.24. The predicted molar refractivity (Wildman–Crippen MR) is 175 cm³/mol.